The van der Waals surface area contributed by atoms with E-state index in [1.165, 1.54) is 32.9 Å². The number of alkyl halides is 2. The fraction of sp³-hybridized carbons (Fsp3) is 0.429. The van der Waals surface area contributed by atoms with Gasteiger partial charge >= 0.3 is 0 Å². The van der Waals surface area contributed by atoms with Crippen LogP contribution < -0.4 is 0 Å². The van der Waals surface area contributed by atoms with E-state index in [-0.39, 0.29) is 15.4 Å². The maximum atomic E-state index is 13.6. The van der Waals surface area contributed by atoms with Gasteiger partial charge in [0.2, 0.25) is 9.84 Å². The monoisotopic (exact) mass is 286 g/mol. The molecule has 0 radical (unpaired) electrons. The van der Waals surface area contributed by atoms with Gasteiger partial charge in [-0.2, -0.15) is 0 Å². The summed E-state index contributed by atoms with van der Waals surface area (Å²) in [5.74, 6) is -3.03. The highest BCUT2D eigenvalue weighted by atomic mass is 32.2. The number of sulfone groups is 1. The lowest BCUT2D eigenvalue weighted by Gasteiger charge is -2.05. The SMILES string of the molecule is C/C(=C1/C(C)(C)C1(F)F)S(=O)(=O)c1ccc(C)cc1. The number of benzene rings is 1. The van der Waals surface area contributed by atoms with Crippen molar-refractivity contribution in [3.05, 3.63) is 40.3 Å². The first-order valence-electron chi connectivity index (χ1n) is 5.94. The first kappa shape index (κ1) is 14.2. The van der Waals surface area contributed by atoms with E-state index in [2.05, 4.69) is 0 Å². The maximum Gasteiger partial charge on any atom is 0.280 e. The summed E-state index contributed by atoms with van der Waals surface area (Å²) in [6, 6.07) is 6.20. The molecule has 1 aromatic carbocycles. The van der Waals surface area contributed by atoms with Crippen LogP contribution in [0.1, 0.15) is 26.3 Å². The predicted octanol–water partition coefficient (Wildman–Crippen LogP) is 3.72. The molecule has 104 valence electrons. The molecule has 2 nitrogen and oxygen atoms in total. The molecule has 0 bridgehead atoms. The van der Waals surface area contributed by atoms with Gasteiger partial charge in [-0.1, -0.05) is 17.7 Å². The van der Waals surface area contributed by atoms with Gasteiger partial charge in [-0.25, -0.2) is 17.2 Å². The summed E-state index contributed by atoms with van der Waals surface area (Å²) in [4.78, 5) is -0.173. The van der Waals surface area contributed by atoms with Crippen molar-refractivity contribution in [3.63, 3.8) is 0 Å². The van der Waals surface area contributed by atoms with Crippen LogP contribution in [0.15, 0.2) is 39.6 Å². The van der Waals surface area contributed by atoms with Crippen molar-refractivity contribution >= 4 is 9.84 Å². The lowest BCUT2D eigenvalue weighted by Crippen LogP contribution is -2.04. The van der Waals surface area contributed by atoms with Gasteiger partial charge in [0.1, 0.15) is 0 Å². The molecule has 0 N–H and O–H groups in total. The van der Waals surface area contributed by atoms with E-state index in [0.29, 0.717) is 0 Å². The third-order valence-electron chi connectivity index (χ3n) is 3.75. The van der Waals surface area contributed by atoms with Gasteiger partial charge in [-0.15, -0.1) is 0 Å². The van der Waals surface area contributed by atoms with Crippen molar-refractivity contribution < 1.29 is 17.2 Å². The molecule has 1 aliphatic carbocycles. The summed E-state index contributed by atoms with van der Waals surface area (Å²) in [7, 11) is -3.83. The van der Waals surface area contributed by atoms with Gasteiger partial charge in [0.25, 0.3) is 5.92 Å². The van der Waals surface area contributed by atoms with Crippen molar-refractivity contribution in [2.45, 2.75) is 38.5 Å². The van der Waals surface area contributed by atoms with Crippen molar-refractivity contribution in [3.8, 4) is 0 Å². The van der Waals surface area contributed by atoms with Crippen LogP contribution in [0.5, 0.6) is 0 Å². The van der Waals surface area contributed by atoms with E-state index in [0.717, 1.165) is 5.56 Å². The van der Waals surface area contributed by atoms with Gasteiger partial charge in [0.05, 0.1) is 15.2 Å². The van der Waals surface area contributed by atoms with Crippen LogP contribution in [0.3, 0.4) is 0 Å². The quantitative estimate of drug-likeness (QED) is 0.830. The molecule has 0 atom stereocenters. The van der Waals surface area contributed by atoms with Gasteiger partial charge in [0, 0.05) is 5.57 Å². The molecule has 1 aromatic rings. The number of rotatable bonds is 2. The summed E-state index contributed by atoms with van der Waals surface area (Å²) < 4.78 is 51.8. The minimum absolute atomic E-state index is 0.0570. The first-order valence-corrected chi connectivity index (χ1v) is 7.42. The zero-order valence-corrected chi connectivity index (χ0v) is 12.1. The van der Waals surface area contributed by atoms with E-state index in [9.17, 15) is 17.2 Å². The summed E-state index contributed by atoms with van der Waals surface area (Å²) in [5.41, 5.74) is -0.726. The second-order valence-corrected chi connectivity index (χ2v) is 7.54. The number of halogens is 2. The van der Waals surface area contributed by atoms with Crippen LogP contribution in [-0.2, 0) is 9.84 Å². The third kappa shape index (κ3) is 1.91. The zero-order valence-electron chi connectivity index (χ0n) is 11.3. The Bertz CT molecular complexity index is 637. The number of allylic oxidation sites excluding steroid dienone is 2. The minimum atomic E-state index is -3.83. The molecule has 5 heteroatoms. The molecule has 0 unspecified atom stereocenters. The van der Waals surface area contributed by atoms with Gasteiger partial charge in [-0.05, 0) is 39.8 Å². The van der Waals surface area contributed by atoms with Crippen LogP contribution in [0.25, 0.3) is 0 Å². The van der Waals surface area contributed by atoms with Crippen molar-refractivity contribution in [2.24, 2.45) is 5.41 Å². The molecule has 0 heterocycles. The molecule has 0 saturated heterocycles. The fourth-order valence-corrected chi connectivity index (χ4v) is 3.75. The molecule has 1 aliphatic rings. The highest BCUT2D eigenvalue weighted by molar-refractivity contribution is 7.95. The molecule has 0 aromatic heterocycles. The second-order valence-electron chi connectivity index (χ2n) is 5.45. The van der Waals surface area contributed by atoms with Crippen LogP contribution in [0.2, 0.25) is 0 Å². The van der Waals surface area contributed by atoms with E-state index in [1.807, 2.05) is 6.92 Å². The molecule has 0 aliphatic heterocycles. The molecule has 19 heavy (non-hydrogen) atoms. The average molecular weight is 286 g/mol. The molecular weight excluding hydrogens is 270 g/mol. The Morgan fingerprint density at radius 3 is 1.89 bits per heavy atom. The van der Waals surface area contributed by atoms with Crippen LogP contribution in [0, 0.1) is 12.3 Å². The molecule has 1 saturated carbocycles. The zero-order chi connectivity index (χ0) is 14.6. The number of hydrogen-bond donors (Lipinski definition) is 0. The Morgan fingerprint density at radius 2 is 1.53 bits per heavy atom. The number of aryl methyl sites for hydroxylation is 1. The molecule has 0 spiro atoms. The van der Waals surface area contributed by atoms with Crippen LogP contribution in [0.4, 0.5) is 8.78 Å². The van der Waals surface area contributed by atoms with E-state index in [4.69, 9.17) is 0 Å². The molecule has 2 rings (SSSR count). The molecule has 1 fully saturated rings. The first-order chi connectivity index (χ1) is 8.53. The topological polar surface area (TPSA) is 34.1 Å². The van der Waals surface area contributed by atoms with E-state index < -0.39 is 21.2 Å². The smallest absolute Gasteiger partial charge is 0.219 e. The third-order valence-corrected chi connectivity index (χ3v) is 5.65. The predicted molar refractivity (Wildman–Crippen MR) is 69.8 cm³/mol. The summed E-state index contributed by atoms with van der Waals surface area (Å²) in [6.45, 7) is 5.81. The van der Waals surface area contributed by atoms with Gasteiger partial charge in [0.15, 0.2) is 0 Å². The van der Waals surface area contributed by atoms with Crippen LogP contribution in [-0.4, -0.2) is 14.3 Å². The Hall–Kier alpha value is -1.23. The Morgan fingerprint density at radius 1 is 1.11 bits per heavy atom. The van der Waals surface area contributed by atoms with Gasteiger partial charge in [-0.3, -0.25) is 0 Å². The summed E-state index contributed by atoms with van der Waals surface area (Å²) in [5, 5.41) is 0. The average Bonchev–Trinajstić information content (AvgIpc) is 2.69. The van der Waals surface area contributed by atoms with E-state index in [1.54, 1.807) is 12.1 Å². The second kappa shape index (κ2) is 3.88. The Kier molecular flexibility index (Phi) is 2.90. The van der Waals surface area contributed by atoms with Crippen molar-refractivity contribution in [1.29, 1.82) is 0 Å². The summed E-state index contributed by atoms with van der Waals surface area (Å²) in [6.07, 6.45) is 0. The summed E-state index contributed by atoms with van der Waals surface area (Å²) >= 11 is 0. The Labute approximate surface area is 112 Å². The molecular formula is C14H16F2O2S. The Balaban J connectivity index is 2.54. The normalized spacial score (nSPS) is 23.1. The van der Waals surface area contributed by atoms with Crippen molar-refractivity contribution in [2.75, 3.05) is 0 Å². The fourth-order valence-electron chi connectivity index (χ4n) is 2.25. The van der Waals surface area contributed by atoms with Crippen molar-refractivity contribution in [1.82, 2.24) is 0 Å². The van der Waals surface area contributed by atoms with E-state index >= 15 is 0 Å². The molecule has 0 amide bonds. The highest BCUT2D eigenvalue weighted by Gasteiger charge is 2.72. The minimum Gasteiger partial charge on any atom is -0.219 e. The lowest BCUT2D eigenvalue weighted by molar-refractivity contribution is 0.0826. The maximum absolute atomic E-state index is 13.6. The standard InChI is InChI=1S/C14H16F2O2S/c1-9-5-7-11(8-6-9)19(17,18)10(2)12-13(3,4)14(12,15)16/h5-8H,1-4H3/b12-10+. The largest absolute Gasteiger partial charge is 0.280 e. The number of hydrogen-bond acceptors (Lipinski definition) is 2. The van der Waals surface area contributed by atoms with Crippen LogP contribution >= 0.6 is 0 Å². The van der Waals surface area contributed by atoms with Gasteiger partial charge < -0.3 is 0 Å². The highest BCUT2D eigenvalue weighted by Crippen LogP contribution is 2.66. The lowest BCUT2D eigenvalue weighted by atomic mass is 10.2.